The van der Waals surface area contributed by atoms with E-state index in [9.17, 15) is 0 Å². The van der Waals surface area contributed by atoms with Crippen LogP contribution in [0.4, 0.5) is 0 Å². The summed E-state index contributed by atoms with van der Waals surface area (Å²) >= 11 is 1.96. The van der Waals surface area contributed by atoms with E-state index in [-0.39, 0.29) is 5.41 Å². The molecule has 0 aliphatic heterocycles. The van der Waals surface area contributed by atoms with Gasteiger partial charge in [0.2, 0.25) is 0 Å². The largest absolute Gasteiger partial charge is 0.312 e. The normalized spacial score (nSPS) is 23.4. The van der Waals surface area contributed by atoms with Crippen LogP contribution in [0.25, 0.3) is 0 Å². The van der Waals surface area contributed by atoms with E-state index in [1.807, 2.05) is 11.3 Å². The van der Waals surface area contributed by atoms with E-state index >= 15 is 0 Å². The average Bonchev–Trinajstić information content (AvgIpc) is 3.20. The fraction of sp³-hybridized carbons (Fsp3) is 0.471. The first-order valence-corrected chi connectivity index (χ1v) is 8.38. The van der Waals surface area contributed by atoms with Gasteiger partial charge in [-0.15, -0.1) is 11.3 Å². The Balaban J connectivity index is 1.75. The fourth-order valence-corrected chi connectivity index (χ4v) is 4.93. The summed E-state index contributed by atoms with van der Waals surface area (Å²) in [4.78, 5) is 6.53. The summed E-state index contributed by atoms with van der Waals surface area (Å²) < 4.78 is 0. The van der Waals surface area contributed by atoms with E-state index in [1.54, 1.807) is 0 Å². The number of nitrogens with zero attached hydrogens (tertiary/aromatic N) is 1. The Morgan fingerprint density at radius 1 is 1.25 bits per heavy atom. The van der Waals surface area contributed by atoms with Crippen molar-refractivity contribution in [3.8, 4) is 0 Å². The summed E-state index contributed by atoms with van der Waals surface area (Å²) in [6, 6.07) is 11.5. The highest BCUT2D eigenvalue weighted by Gasteiger charge is 2.49. The third-order valence-electron chi connectivity index (χ3n) is 4.78. The van der Waals surface area contributed by atoms with Crippen LogP contribution in [-0.4, -0.2) is 12.0 Å². The van der Waals surface area contributed by atoms with Gasteiger partial charge in [-0.2, -0.15) is 0 Å². The van der Waals surface area contributed by atoms with Gasteiger partial charge in [-0.25, -0.2) is 4.98 Å². The van der Waals surface area contributed by atoms with E-state index in [1.165, 1.54) is 46.8 Å². The molecule has 0 radical (unpaired) electrons. The molecule has 1 unspecified atom stereocenters. The van der Waals surface area contributed by atoms with Crippen molar-refractivity contribution in [2.24, 2.45) is 0 Å². The number of aryl methyl sites for hydroxylation is 1. The van der Waals surface area contributed by atoms with Gasteiger partial charge in [0, 0.05) is 16.3 Å². The molecule has 1 aromatic heterocycles. The van der Waals surface area contributed by atoms with Gasteiger partial charge in [0.1, 0.15) is 5.01 Å². The number of aromatic nitrogens is 1. The van der Waals surface area contributed by atoms with Crippen molar-refractivity contribution in [3.63, 3.8) is 0 Å². The van der Waals surface area contributed by atoms with Crippen LogP contribution >= 0.6 is 11.3 Å². The topological polar surface area (TPSA) is 24.9 Å². The molecule has 2 nitrogen and oxygen atoms in total. The second-order valence-electron chi connectivity index (χ2n) is 6.01. The molecular weight excluding hydrogens is 264 g/mol. The molecule has 1 fully saturated rings. The lowest BCUT2D eigenvalue weighted by atomic mass is 9.96. The fourth-order valence-electron chi connectivity index (χ4n) is 3.41. The minimum atomic E-state index is 0.238. The van der Waals surface area contributed by atoms with Gasteiger partial charge in [-0.3, -0.25) is 0 Å². The second-order valence-corrected chi connectivity index (χ2v) is 7.04. The summed E-state index contributed by atoms with van der Waals surface area (Å²) in [7, 11) is 2.07. The molecule has 1 N–H and O–H groups in total. The third kappa shape index (κ3) is 1.84. The zero-order valence-corrected chi connectivity index (χ0v) is 12.7. The molecule has 2 aliphatic rings. The molecule has 1 heterocycles. The van der Waals surface area contributed by atoms with Gasteiger partial charge in [0.25, 0.3) is 0 Å². The SMILES string of the molecule is CNC1CCCc2nc(C3(c4ccccc4)CC3)sc21. The van der Waals surface area contributed by atoms with Crippen molar-refractivity contribution in [2.45, 2.75) is 43.6 Å². The van der Waals surface area contributed by atoms with Crippen LogP contribution in [0.5, 0.6) is 0 Å². The molecule has 3 heteroatoms. The summed E-state index contributed by atoms with van der Waals surface area (Å²) in [5.41, 5.74) is 3.05. The Hall–Kier alpha value is -1.19. The van der Waals surface area contributed by atoms with Gasteiger partial charge < -0.3 is 5.32 Å². The van der Waals surface area contributed by atoms with Crippen molar-refractivity contribution >= 4 is 11.3 Å². The zero-order chi connectivity index (χ0) is 13.6. The Morgan fingerprint density at radius 3 is 2.75 bits per heavy atom. The van der Waals surface area contributed by atoms with Crippen LogP contribution < -0.4 is 5.32 Å². The van der Waals surface area contributed by atoms with Gasteiger partial charge in [0.15, 0.2) is 0 Å². The highest BCUT2D eigenvalue weighted by atomic mass is 32.1. The molecule has 104 valence electrons. The maximum atomic E-state index is 5.04. The van der Waals surface area contributed by atoms with E-state index in [2.05, 4.69) is 42.7 Å². The molecule has 0 spiro atoms. The molecule has 0 amide bonds. The zero-order valence-electron chi connectivity index (χ0n) is 11.9. The van der Waals surface area contributed by atoms with Gasteiger partial charge in [-0.1, -0.05) is 30.3 Å². The van der Waals surface area contributed by atoms with E-state index in [0.717, 1.165) is 6.42 Å². The number of nitrogens with one attached hydrogen (secondary N) is 1. The van der Waals surface area contributed by atoms with E-state index in [0.29, 0.717) is 6.04 Å². The lowest BCUT2D eigenvalue weighted by molar-refractivity contribution is 0.500. The first kappa shape index (κ1) is 12.5. The number of thiazole rings is 1. The summed E-state index contributed by atoms with van der Waals surface area (Å²) in [6.07, 6.45) is 6.19. The number of rotatable bonds is 3. The number of benzene rings is 1. The molecule has 1 saturated carbocycles. The maximum Gasteiger partial charge on any atom is 0.104 e. The summed E-state index contributed by atoms with van der Waals surface area (Å²) in [5.74, 6) is 0. The molecule has 1 atom stereocenters. The van der Waals surface area contributed by atoms with Gasteiger partial charge >= 0.3 is 0 Å². The van der Waals surface area contributed by atoms with Crippen LogP contribution in [-0.2, 0) is 11.8 Å². The molecule has 20 heavy (non-hydrogen) atoms. The Bertz CT molecular complexity index is 613. The third-order valence-corrected chi connectivity index (χ3v) is 6.20. The van der Waals surface area contributed by atoms with Crippen LogP contribution in [0, 0.1) is 0 Å². The first-order valence-electron chi connectivity index (χ1n) is 7.56. The standard InChI is InChI=1S/C17H20N2S/c1-18-13-8-5-9-14-15(13)20-16(19-14)17(10-11-17)12-6-3-2-4-7-12/h2-4,6-7,13,18H,5,8-11H2,1H3. The van der Waals surface area contributed by atoms with Crippen LogP contribution in [0.15, 0.2) is 30.3 Å². The Kier molecular flexibility index (Phi) is 2.93. The molecule has 0 bridgehead atoms. The minimum absolute atomic E-state index is 0.238. The van der Waals surface area contributed by atoms with Gasteiger partial charge in [-0.05, 0) is 44.7 Å². The number of fused-ring (bicyclic) bond motifs is 1. The highest BCUT2D eigenvalue weighted by Crippen LogP contribution is 2.55. The Labute approximate surface area is 124 Å². The van der Waals surface area contributed by atoms with Crippen LogP contribution in [0.2, 0.25) is 0 Å². The second kappa shape index (κ2) is 4.68. The molecule has 1 aromatic carbocycles. The Morgan fingerprint density at radius 2 is 2.05 bits per heavy atom. The smallest absolute Gasteiger partial charge is 0.104 e. The van der Waals surface area contributed by atoms with Gasteiger partial charge in [0.05, 0.1) is 5.69 Å². The molecule has 0 saturated heterocycles. The molecule has 4 rings (SSSR count). The summed E-state index contributed by atoms with van der Waals surface area (Å²) in [5, 5.41) is 4.81. The predicted octanol–water partition coefficient (Wildman–Crippen LogP) is 3.82. The quantitative estimate of drug-likeness (QED) is 0.927. The molecular formula is C17H20N2S. The lowest BCUT2D eigenvalue weighted by Crippen LogP contribution is -2.19. The lowest BCUT2D eigenvalue weighted by Gasteiger charge is -2.20. The van der Waals surface area contributed by atoms with Crippen molar-refractivity contribution in [3.05, 3.63) is 51.5 Å². The summed E-state index contributed by atoms with van der Waals surface area (Å²) in [6.45, 7) is 0. The van der Waals surface area contributed by atoms with Crippen molar-refractivity contribution in [1.29, 1.82) is 0 Å². The van der Waals surface area contributed by atoms with Crippen LogP contribution in [0.1, 0.15) is 52.9 Å². The number of hydrogen-bond acceptors (Lipinski definition) is 3. The predicted molar refractivity (Wildman–Crippen MR) is 83.3 cm³/mol. The van der Waals surface area contributed by atoms with Crippen molar-refractivity contribution in [2.75, 3.05) is 7.05 Å². The number of hydrogen-bond donors (Lipinski definition) is 1. The van der Waals surface area contributed by atoms with E-state index < -0.39 is 0 Å². The van der Waals surface area contributed by atoms with E-state index in [4.69, 9.17) is 4.98 Å². The van der Waals surface area contributed by atoms with Crippen molar-refractivity contribution < 1.29 is 0 Å². The average molecular weight is 284 g/mol. The molecule has 2 aromatic rings. The molecule has 2 aliphatic carbocycles. The van der Waals surface area contributed by atoms with Crippen LogP contribution in [0.3, 0.4) is 0 Å². The monoisotopic (exact) mass is 284 g/mol. The minimum Gasteiger partial charge on any atom is -0.312 e. The highest BCUT2D eigenvalue weighted by molar-refractivity contribution is 7.12. The maximum absolute atomic E-state index is 5.04. The first-order chi connectivity index (χ1) is 9.83. The van der Waals surface area contributed by atoms with Crippen molar-refractivity contribution in [1.82, 2.24) is 10.3 Å².